The van der Waals surface area contributed by atoms with E-state index in [4.69, 9.17) is 0 Å². The van der Waals surface area contributed by atoms with Gasteiger partial charge < -0.3 is 17.8 Å². The molecule has 84 valence electrons. The van der Waals surface area contributed by atoms with Gasteiger partial charge in [-0.2, -0.15) is 0 Å². The standard InChI is InChI=1S/C9H18BF3N.K/c1-2-9-4-3-6-14(7-5-9)8-10(11,12)13;/h9H,2-8H2,1H3;/q-1;+1. The third-order valence-corrected chi connectivity index (χ3v) is 2.98. The molecular weight excluding hydrogens is 229 g/mol. The normalized spacial score (nSPS) is 24.4. The summed E-state index contributed by atoms with van der Waals surface area (Å²) in [4.78, 5) is 1.57. The summed E-state index contributed by atoms with van der Waals surface area (Å²) < 4.78 is 36.5. The van der Waals surface area contributed by atoms with Gasteiger partial charge in [0.15, 0.2) is 0 Å². The minimum Gasteiger partial charge on any atom is -0.448 e. The van der Waals surface area contributed by atoms with Crippen molar-refractivity contribution in [3.05, 3.63) is 0 Å². The molecular formula is C9H18BF3KN. The zero-order chi connectivity index (χ0) is 10.6. The molecule has 1 heterocycles. The number of hydrogen-bond acceptors (Lipinski definition) is 1. The summed E-state index contributed by atoms with van der Waals surface area (Å²) in [6.07, 6.45) is 3.38. The van der Waals surface area contributed by atoms with Crippen LogP contribution in [0.4, 0.5) is 12.9 Å². The van der Waals surface area contributed by atoms with Crippen molar-refractivity contribution in [3.8, 4) is 0 Å². The molecule has 15 heavy (non-hydrogen) atoms. The number of rotatable bonds is 3. The predicted octanol–water partition coefficient (Wildman–Crippen LogP) is -0.111. The quantitative estimate of drug-likeness (QED) is 0.629. The zero-order valence-corrected chi connectivity index (χ0v) is 12.8. The first-order valence-corrected chi connectivity index (χ1v) is 5.44. The molecule has 0 aromatic heterocycles. The van der Waals surface area contributed by atoms with Crippen molar-refractivity contribution >= 4 is 6.98 Å². The van der Waals surface area contributed by atoms with Gasteiger partial charge >= 0.3 is 58.4 Å². The van der Waals surface area contributed by atoms with Crippen LogP contribution in [0.5, 0.6) is 0 Å². The SMILES string of the molecule is CCC1CCCN(C[B-](F)(F)F)CC1.[K+]. The van der Waals surface area contributed by atoms with Crippen molar-refractivity contribution in [2.75, 3.05) is 19.5 Å². The fraction of sp³-hybridized carbons (Fsp3) is 1.00. The van der Waals surface area contributed by atoms with Crippen molar-refractivity contribution < 1.29 is 64.3 Å². The molecule has 0 saturated carbocycles. The Morgan fingerprint density at radius 1 is 1.20 bits per heavy atom. The number of likely N-dealkylation sites (tertiary alicyclic amines) is 1. The van der Waals surface area contributed by atoms with Gasteiger partial charge in [-0.05, 0) is 44.7 Å². The van der Waals surface area contributed by atoms with Gasteiger partial charge in [0.05, 0.1) is 0 Å². The number of hydrogen-bond donors (Lipinski definition) is 0. The summed E-state index contributed by atoms with van der Waals surface area (Å²) in [5.74, 6) is 0.640. The van der Waals surface area contributed by atoms with Crippen LogP contribution in [0.2, 0.25) is 0 Å². The van der Waals surface area contributed by atoms with Crippen LogP contribution in [0.3, 0.4) is 0 Å². The van der Waals surface area contributed by atoms with E-state index in [1.165, 1.54) is 0 Å². The Bertz CT molecular complexity index is 177. The molecule has 1 nitrogen and oxygen atoms in total. The minimum absolute atomic E-state index is 0. The van der Waals surface area contributed by atoms with E-state index in [9.17, 15) is 12.9 Å². The summed E-state index contributed by atoms with van der Waals surface area (Å²) in [5.41, 5.74) is 0. The first-order chi connectivity index (χ1) is 6.51. The molecule has 0 aliphatic carbocycles. The molecule has 1 rings (SSSR count). The molecule has 0 bridgehead atoms. The molecule has 1 atom stereocenters. The Morgan fingerprint density at radius 2 is 1.87 bits per heavy atom. The summed E-state index contributed by atoms with van der Waals surface area (Å²) in [7, 11) is 0. The Morgan fingerprint density at radius 3 is 2.40 bits per heavy atom. The summed E-state index contributed by atoms with van der Waals surface area (Å²) >= 11 is 0. The maximum atomic E-state index is 12.2. The molecule has 6 heteroatoms. The predicted molar refractivity (Wildman–Crippen MR) is 53.2 cm³/mol. The van der Waals surface area contributed by atoms with E-state index >= 15 is 0 Å². The third kappa shape index (κ3) is 7.39. The van der Waals surface area contributed by atoms with Crippen molar-refractivity contribution in [1.29, 1.82) is 0 Å². The van der Waals surface area contributed by atoms with Gasteiger partial charge in [0, 0.05) is 0 Å². The van der Waals surface area contributed by atoms with E-state index in [0.717, 1.165) is 25.7 Å². The first kappa shape index (κ1) is 16.5. The van der Waals surface area contributed by atoms with Gasteiger partial charge in [-0.15, -0.1) is 0 Å². The average Bonchev–Trinajstić information content (AvgIpc) is 2.27. The Hall–Kier alpha value is 1.45. The Kier molecular flexibility index (Phi) is 8.46. The molecule has 1 aliphatic rings. The Labute approximate surface area is 133 Å². The van der Waals surface area contributed by atoms with Gasteiger partial charge in [-0.3, -0.25) is 0 Å². The molecule has 0 spiro atoms. The van der Waals surface area contributed by atoms with Gasteiger partial charge in [-0.1, -0.05) is 13.3 Å². The van der Waals surface area contributed by atoms with E-state index in [1.54, 1.807) is 4.90 Å². The minimum atomic E-state index is -4.64. The number of nitrogens with zero attached hydrogens (tertiary/aromatic N) is 1. The van der Waals surface area contributed by atoms with Crippen LogP contribution >= 0.6 is 0 Å². The fourth-order valence-electron chi connectivity index (χ4n) is 2.11. The summed E-state index contributed by atoms with van der Waals surface area (Å²) in [5, 5.41) is 0. The van der Waals surface area contributed by atoms with E-state index in [2.05, 4.69) is 6.92 Å². The summed E-state index contributed by atoms with van der Waals surface area (Å²) in [6.45, 7) is -1.27. The monoisotopic (exact) mass is 247 g/mol. The summed E-state index contributed by atoms with van der Waals surface area (Å²) in [6, 6.07) is 0. The van der Waals surface area contributed by atoms with Crippen LogP contribution in [0, 0.1) is 5.92 Å². The Balaban J connectivity index is 0.00000196. The second kappa shape index (κ2) is 7.72. The van der Waals surface area contributed by atoms with Crippen LogP contribution in [0.25, 0.3) is 0 Å². The number of halogens is 3. The van der Waals surface area contributed by atoms with Crippen molar-refractivity contribution in [3.63, 3.8) is 0 Å². The zero-order valence-electron chi connectivity index (χ0n) is 9.69. The molecule has 1 fully saturated rings. The molecule has 1 saturated heterocycles. The second-order valence-electron chi connectivity index (χ2n) is 4.22. The van der Waals surface area contributed by atoms with Gasteiger partial charge in [0.1, 0.15) is 0 Å². The molecule has 1 unspecified atom stereocenters. The van der Waals surface area contributed by atoms with Crippen molar-refractivity contribution in [2.24, 2.45) is 5.92 Å². The largest absolute Gasteiger partial charge is 1.00 e. The average molecular weight is 247 g/mol. The topological polar surface area (TPSA) is 3.24 Å². The van der Waals surface area contributed by atoms with E-state index in [1.807, 2.05) is 0 Å². The van der Waals surface area contributed by atoms with Crippen LogP contribution in [0.15, 0.2) is 0 Å². The molecule has 1 aliphatic heterocycles. The van der Waals surface area contributed by atoms with Gasteiger partial charge in [0.2, 0.25) is 0 Å². The van der Waals surface area contributed by atoms with Crippen LogP contribution in [0.1, 0.15) is 32.6 Å². The van der Waals surface area contributed by atoms with E-state index in [-0.39, 0.29) is 51.4 Å². The second-order valence-corrected chi connectivity index (χ2v) is 4.22. The van der Waals surface area contributed by atoms with Crippen molar-refractivity contribution in [1.82, 2.24) is 4.90 Å². The molecule has 0 aromatic rings. The van der Waals surface area contributed by atoms with Gasteiger partial charge in [-0.25, -0.2) is 0 Å². The molecule has 0 amide bonds. The fourth-order valence-corrected chi connectivity index (χ4v) is 2.11. The van der Waals surface area contributed by atoms with Crippen LogP contribution < -0.4 is 51.4 Å². The van der Waals surface area contributed by atoms with Crippen molar-refractivity contribution in [2.45, 2.75) is 32.6 Å². The molecule has 0 aromatic carbocycles. The van der Waals surface area contributed by atoms with Gasteiger partial charge in [0.25, 0.3) is 0 Å². The van der Waals surface area contributed by atoms with E-state index < -0.39 is 13.4 Å². The first-order valence-electron chi connectivity index (χ1n) is 5.44. The molecule has 0 radical (unpaired) electrons. The molecule has 0 N–H and O–H groups in total. The maximum absolute atomic E-state index is 12.2. The maximum Gasteiger partial charge on any atom is 1.00 e. The van der Waals surface area contributed by atoms with Crippen LogP contribution in [-0.4, -0.2) is 31.4 Å². The van der Waals surface area contributed by atoms with Crippen LogP contribution in [-0.2, 0) is 0 Å². The third-order valence-electron chi connectivity index (χ3n) is 2.98. The smallest absolute Gasteiger partial charge is 0.448 e. The van der Waals surface area contributed by atoms with E-state index in [0.29, 0.717) is 19.0 Å².